The van der Waals surface area contributed by atoms with Gasteiger partial charge < -0.3 is 13.9 Å². The maximum Gasteiger partial charge on any atom is 0.338 e. The minimum atomic E-state index is -0.369. The van der Waals surface area contributed by atoms with Crippen LogP contribution in [0.25, 0.3) is 11.1 Å². The summed E-state index contributed by atoms with van der Waals surface area (Å²) in [5.74, 6) is 0.538. The first-order valence-electron chi connectivity index (χ1n) is 8.91. The fraction of sp³-hybridized carbons (Fsp3) is 0.286. The monoisotopic (exact) mass is 399 g/mol. The van der Waals surface area contributed by atoms with Gasteiger partial charge in [-0.25, -0.2) is 9.78 Å². The summed E-state index contributed by atoms with van der Waals surface area (Å²) >= 11 is 1.23. The highest BCUT2D eigenvalue weighted by Gasteiger charge is 2.11. The Kier molecular flexibility index (Phi) is 6.71. The minimum absolute atomic E-state index is 0.0651. The highest BCUT2D eigenvalue weighted by molar-refractivity contribution is 7.99. The van der Waals surface area contributed by atoms with Crippen LogP contribution in [-0.4, -0.2) is 35.7 Å². The summed E-state index contributed by atoms with van der Waals surface area (Å²) in [4.78, 5) is 28.2. The minimum Gasteiger partial charge on any atom is -0.486 e. The number of aromatic nitrogens is 1. The summed E-state index contributed by atoms with van der Waals surface area (Å²) in [6.45, 7) is 4.27. The van der Waals surface area contributed by atoms with Gasteiger partial charge in [0.25, 0.3) is 5.22 Å². The van der Waals surface area contributed by atoms with E-state index in [0.717, 1.165) is 5.52 Å². The van der Waals surface area contributed by atoms with Crippen LogP contribution in [-0.2, 0) is 9.53 Å². The van der Waals surface area contributed by atoms with Crippen LogP contribution in [0, 0.1) is 5.92 Å². The van der Waals surface area contributed by atoms with E-state index in [0.29, 0.717) is 28.7 Å². The normalized spacial score (nSPS) is 11.0. The molecule has 0 amide bonds. The molecule has 0 aliphatic rings. The second kappa shape index (κ2) is 9.41. The van der Waals surface area contributed by atoms with Crippen LogP contribution in [0.5, 0.6) is 5.75 Å². The maximum atomic E-state index is 12.0. The van der Waals surface area contributed by atoms with Gasteiger partial charge in [0.1, 0.15) is 17.9 Å². The number of ketones is 1. The van der Waals surface area contributed by atoms with Crippen molar-refractivity contribution >= 4 is 34.6 Å². The molecule has 0 saturated carbocycles. The van der Waals surface area contributed by atoms with Crippen LogP contribution in [0.2, 0.25) is 0 Å². The molecule has 0 fully saturated rings. The predicted octanol–water partition coefficient (Wildman–Crippen LogP) is 4.38. The number of para-hydroxylation sites is 2. The van der Waals surface area contributed by atoms with Crippen LogP contribution in [0.1, 0.15) is 24.2 Å². The van der Waals surface area contributed by atoms with E-state index in [4.69, 9.17) is 13.9 Å². The molecule has 6 nitrogen and oxygen atoms in total. The highest BCUT2D eigenvalue weighted by atomic mass is 32.2. The molecule has 7 heteroatoms. The van der Waals surface area contributed by atoms with E-state index in [1.54, 1.807) is 24.3 Å². The molecule has 146 valence electrons. The van der Waals surface area contributed by atoms with Crippen molar-refractivity contribution in [2.45, 2.75) is 19.1 Å². The molecule has 3 rings (SSSR count). The molecule has 2 aromatic carbocycles. The standard InChI is InChI=1S/C21H21NO5S/c1-14(2)11-26-20(24)15-7-9-17(10-8-15)25-12-16(23)13-28-21-22-18-5-3-4-6-19(18)27-21/h3-10,14H,11-13H2,1-2H3. The van der Waals surface area contributed by atoms with Gasteiger partial charge in [0.2, 0.25) is 0 Å². The number of nitrogens with zero attached hydrogens (tertiary/aromatic N) is 1. The zero-order valence-electron chi connectivity index (χ0n) is 15.7. The van der Waals surface area contributed by atoms with Crippen LogP contribution in [0.15, 0.2) is 58.2 Å². The molecule has 1 aromatic heterocycles. The van der Waals surface area contributed by atoms with Crippen molar-refractivity contribution in [2.24, 2.45) is 5.92 Å². The number of carbonyl (C=O) groups is 2. The molecule has 1 heterocycles. The number of thioether (sulfide) groups is 1. The topological polar surface area (TPSA) is 78.6 Å². The number of hydrogen-bond acceptors (Lipinski definition) is 7. The van der Waals surface area contributed by atoms with Crippen LogP contribution < -0.4 is 4.74 Å². The van der Waals surface area contributed by atoms with Gasteiger partial charge in [-0.15, -0.1) is 0 Å². The lowest BCUT2D eigenvalue weighted by Crippen LogP contribution is -2.13. The predicted molar refractivity (Wildman–Crippen MR) is 107 cm³/mol. The Morgan fingerprint density at radius 2 is 1.86 bits per heavy atom. The van der Waals surface area contributed by atoms with Gasteiger partial charge in [0, 0.05) is 0 Å². The second-order valence-electron chi connectivity index (χ2n) is 6.58. The first kappa shape index (κ1) is 19.9. The Balaban J connectivity index is 1.44. The number of hydrogen-bond donors (Lipinski definition) is 0. The van der Waals surface area contributed by atoms with Crippen molar-refractivity contribution in [1.82, 2.24) is 4.98 Å². The van der Waals surface area contributed by atoms with Crippen molar-refractivity contribution in [3.05, 3.63) is 54.1 Å². The third-order valence-electron chi connectivity index (χ3n) is 3.67. The number of oxazole rings is 1. The van der Waals surface area contributed by atoms with Gasteiger partial charge in [-0.05, 0) is 42.3 Å². The first-order chi connectivity index (χ1) is 13.5. The van der Waals surface area contributed by atoms with E-state index in [9.17, 15) is 9.59 Å². The molecule has 0 aliphatic carbocycles. The lowest BCUT2D eigenvalue weighted by molar-refractivity contribution is -0.118. The molecular formula is C21H21NO5S. The molecule has 0 radical (unpaired) electrons. The number of ether oxygens (including phenoxy) is 2. The van der Waals surface area contributed by atoms with Crippen LogP contribution >= 0.6 is 11.8 Å². The van der Waals surface area contributed by atoms with E-state index in [2.05, 4.69) is 4.98 Å². The SMILES string of the molecule is CC(C)COC(=O)c1ccc(OCC(=O)CSc2nc3ccccc3o2)cc1. The highest BCUT2D eigenvalue weighted by Crippen LogP contribution is 2.23. The van der Waals surface area contributed by atoms with Gasteiger partial charge in [-0.1, -0.05) is 37.7 Å². The van der Waals surface area contributed by atoms with Crippen molar-refractivity contribution < 1.29 is 23.5 Å². The Bertz CT molecular complexity index is 916. The summed E-state index contributed by atoms with van der Waals surface area (Å²) in [7, 11) is 0. The third-order valence-corrected chi connectivity index (χ3v) is 4.56. The van der Waals surface area contributed by atoms with E-state index in [1.807, 2.05) is 38.1 Å². The molecule has 0 saturated heterocycles. The summed E-state index contributed by atoms with van der Waals surface area (Å²) in [6.07, 6.45) is 0. The first-order valence-corrected chi connectivity index (χ1v) is 9.90. The second-order valence-corrected chi connectivity index (χ2v) is 7.51. The molecule has 3 aromatic rings. The quantitative estimate of drug-likeness (QED) is 0.390. The van der Waals surface area contributed by atoms with E-state index in [-0.39, 0.29) is 30.0 Å². The molecule has 0 spiro atoms. The van der Waals surface area contributed by atoms with Crippen molar-refractivity contribution in [3.63, 3.8) is 0 Å². The van der Waals surface area contributed by atoms with E-state index in [1.165, 1.54) is 11.8 Å². The van der Waals surface area contributed by atoms with Gasteiger partial charge in [-0.2, -0.15) is 0 Å². The average molecular weight is 399 g/mol. The average Bonchev–Trinajstić information content (AvgIpc) is 3.12. The maximum absolute atomic E-state index is 12.0. The fourth-order valence-electron chi connectivity index (χ4n) is 2.27. The van der Waals surface area contributed by atoms with Gasteiger partial charge in [0.15, 0.2) is 11.4 Å². The molecule has 0 unspecified atom stereocenters. The van der Waals surface area contributed by atoms with Crippen molar-refractivity contribution in [2.75, 3.05) is 19.0 Å². The number of benzene rings is 2. The Labute approximate surface area is 167 Å². The molecule has 28 heavy (non-hydrogen) atoms. The Hall–Kier alpha value is -2.80. The van der Waals surface area contributed by atoms with Crippen LogP contribution in [0.3, 0.4) is 0 Å². The smallest absolute Gasteiger partial charge is 0.338 e. The number of fused-ring (bicyclic) bond motifs is 1. The van der Waals surface area contributed by atoms with Crippen molar-refractivity contribution in [1.29, 1.82) is 0 Å². The molecule has 0 atom stereocenters. The largest absolute Gasteiger partial charge is 0.486 e. The van der Waals surface area contributed by atoms with Crippen LogP contribution in [0.4, 0.5) is 0 Å². The number of rotatable bonds is 9. The summed E-state index contributed by atoms with van der Waals surface area (Å²) in [6, 6.07) is 14.0. The lowest BCUT2D eigenvalue weighted by Gasteiger charge is -2.08. The zero-order valence-corrected chi connectivity index (χ0v) is 16.5. The Morgan fingerprint density at radius 3 is 2.57 bits per heavy atom. The summed E-state index contributed by atoms with van der Waals surface area (Å²) < 4.78 is 16.2. The Morgan fingerprint density at radius 1 is 1.11 bits per heavy atom. The zero-order chi connectivity index (χ0) is 19.9. The van der Waals surface area contributed by atoms with Gasteiger partial charge in [0.05, 0.1) is 17.9 Å². The third kappa shape index (κ3) is 5.60. The molecule has 0 aliphatic heterocycles. The summed E-state index contributed by atoms with van der Waals surface area (Å²) in [5, 5.41) is 0.457. The number of Topliss-reactive ketones (excluding diaryl/α,β-unsaturated/α-hetero) is 1. The number of esters is 1. The van der Waals surface area contributed by atoms with E-state index < -0.39 is 0 Å². The molecular weight excluding hydrogens is 378 g/mol. The van der Waals surface area contributed by atoms with Crippen molar-refractivity contribution in [3.8, 4) is 5.75 Å². The lowest BCUT2D eigenvalue weighted by atomic mass is 10.2. The molecule has 0 N–H and O–H groups in total. The summed E-state index contributed by atoms with van der Waals surface area (Å²) in [5.41, 5.74) is 1.91. The molecule has 0 bridgehead atoms. The van der Waals surface area contributed by atoms with Gasteiger partial charge >= 0.3 is 5.97 Å². The fourth-order valence-corrected chi connectivity index (χ4v) is 2.95. The van der Waals surface area contributed by atoms with Gasteiger partial charge in [-0.3, -0.25) is 4.79 Å². The number of carbonyl (C=O) groups excluding carboxylic acids is 2. The van der Waals surface area contributed by atoms with E-state index >= 15 is 0 Å².